The Labute approximate surface area is 110 Å². The molecule has 1 aromatic heterocycles. The van der Waals surface area contributed by atoms with Gasteiger partial charge < -0.3 is 9.64 Å². The van der Waals surface area contributed by atoms with Gasteiger partial charge in [-0.2, -0.15) is 0 Å². The highest BCUT2D eigenvalue weighted by atomic mass is 32.2. The predicted molar refractivity (Wildman–Crippen MR) is 68.5 cm³/mol. The summed E-state index contributed by atoms with van der Waals surface area (Å²) < 4.78 is 5.54. The Hall–Kier alpha value is -1.08. The van der Waals surface area contributed by atoms with Crippen LogP contribution in [0.1, 0.15) is 19.2 Å². The van der Waals surface area contributed by atoms with Crippen LogP contribution in [0.3, 0.4) is 0 Å². The van der Waals surface area contributed by atoms with Crippen LogP contribution < -0.4 is 0 Å². The number of ether oxygens (including phenoxy) is 1. The van der Waals surface area contributed by atoms with Gasteiger partial charge in [0.15, 0.2) is 0 Å². The summed E-state index contributed by atoms with van der Waals surface area (Å²) >= 11 is 1.37. The van der Waals surface area contributed by atoms with E-state index in [1.165, 1.54) is 11.8 Å². The molecule has 0 saturated carbocycles. The number of rotatable bonds is 4. The monoisotopic (exact) mass is 270 g/mol. The van der Waals surface area contributed by atoms with Crippen LogP contribution in [0.25, 0.3) is 0 Å². The number of hydrogen-bond acceptors (Lipinski definition) is 5. The standard InChI is InChI=1S/C11H18N4O2S/c1-3-9-6-15(4-5-17-9)10(16)7-18-11-12-8(2)13-14-11/h9H,3-7H2,1-2H3,(H,12,13,14)/t9-/m1/s1. The number of carbonyl (C=O) groups is 1. The van der Waals surface area contributed by atoms with Gasteiger partial charge in [0.25, 0.3) is 0 Å². The number of amides is 1. The number of nitrogens with one attached hydrogen (secondary N) is 1. The average molecular weight is 270 g/mol. The van der Waals surface area contributed by atoms with Crippen LogP contribution in [0.2, 0.25) is 0 Å². The van der Waals surface area contributed by atoms with Crippen molar-refractivity contribution in [1.29, 1.82) is 0 Å². The second-order valence-corrected chi connectivity index (χ2v) is 5.18. The molecule has 6 nitrogen and oxygen atoms in total. The topological polar surface area (TPSA) is 71.1 Å². The van der Waals surface area contributed by atoms with Crippen molar-refractivity contribution in [1.82, 2.24) is 20.1 Å². The zero-order valence-corrected chi connectivity index (χ0v) is 11.5. The van der Waals surface area contributed by atoms with Crippen molar-refractivity contribution < 1.29 is 9.53 Å². The van der Waals surface area contributed by atoms with E-state index in [0.717, 1.165) is 12.2 Å². The lowest BCUT2D eigenvalue weighted by atomic mass is 10.2. The summed E-state index contributed by atoms with van der Waals surface area (Å²) in [6.45, 7) is 5.93. The number of H-pyrrole nitrogens is 1. The fourth-order valence-corrected chi connectivity index (χ4v) is 2.54. The number of hydrogen-bond donors (Lipinski definition) is 1. The first-order valence-corrected chi connectivity index (χ1v) is 7.08. The van der Waals surface area contributed by atoms with Crippen LogP contribution in [-0.4, -0.2) is 57.5 Å². The van der Waals surface area contributed by atoms with Crippen molar-refractivity contribution in [3.05, 3.63) is 5.82 Å². The molecule has 1 amide bonds. The highest BCUT2D eigenvalue weighted by Crippen LogP contribution is 2.15. The molecule has 1 atom stereocenters. The lowest BCUT2D eigenvalue weighted by Gasteiger charge is -2.32. The molecular formula is C11H18N4O2S. The summed E-state index contributed by atoms with van der Waals surface area (Å²) in [4.78, 5) is 18.0. The van der Waals surface area contributed by atoms with E-state index < -0.39 is 0 Å². The number of morpholine rings is 1. The SMILES string of the molecule is CC[C@@H]1CN(C(=O)CSc2n[nH]c(C)n2)CCO1. The quantitative estimate of drug-likeness (QED) is 0.821. The second-order valence-electron chi connectivity index (χ2n) is 4.23. The summed E-state index contributed by atoms with van der Waals surface area (Å²) in [5.74, 6) is 1.28. The predicted octanol–water partition coefficient (Wildman–Crippen LogP) is 0.843. The maximum atomic E-state index is 12.0. The van der Waals surface area contributed by atoms with Gasteiger partial charge in [-0.05, 0) is 13.3 Å². The molecule has 0 unspecified atom stereocenters. The minimum Gasteiger partial charge on any atom is -0.375 e. The lowest BCUT2D eigenvalue weighted by Crippen LogP contribution is -2.46. The minimum absolute atomic E-state index is 0.129. The first-order valence-electron chi connectivity index (χ1n) is 6.10. The van der Waals surface area contributed by atoms with Crippen molar-refractivity contribution in [3.8, 4) is 0 Å². The van der Waals surface area contributed by atoms with E-state index in [1.807, 2.05) is 11.8 Å². The zero-order valence-electron chi connectivity index (χ0n) is 10.7. The lowest BCUT2D eigenvalue weighted by molar-refractivity contribution is -0.135. The van der Waals surface area contributed by atoms with Gasteiger partial charge in [-0.15, -0.1) is 5.10 Å². The molecule has 1 aromatic rings. The molecule has 0 aliphatic carbocycles. The van der Waals surface area contributed by atoms with Crippen LogP contribution in [0, 0.1) is 6.92 Å². The number of thioether (sulfide) groups is 1. The second kappa shape index (κ2) is 6.19. The summed E-state index contributed by atoms with van der Waals surface area (Å²) in [7, 11) is 0. The Balaban J connectivity index is 1.80. The molecular weight excluding hydrogens is 252 g/mol. The number of aromatic amines is 1. The molecule has 2 heterocycles. The molecule has 100 valence electrons. The third kappa shape index (κ3) is 3.46. The van der Waals surface area contributed by atoms with Crippen molar-refractivity contribution in [2.45, 2.75) is 31.5 Å². The Morgan fingerprint density at radius 1 is 1.67 bits per heavy atom. The molecule has 0 bridgehead atoms. The molecule has 1 aliphatic heterocycles. The molecule has 0 aromatic carbocycles. The van der Waals surface area contributed by atoms with Crippen LogP contribution in [0.15, 0.2) is 5.16 Å². The molecule has 0 spiro atoms. The maximum absolute atomic E-state index is 12.0. The first-order chi connectivity index (χ1) is 8.69. The van der Waals surface area contributed by atoms with Gasteiger partial charge in [0.1, 0.15) is 5.82 Å². The van der Waals surface area contributed by atoms with Gasteiger partial charge in [0.2, 0.25) is 11.1 Å². The van der Waals surface area contributed by atoms with Crippen LogP contribution in [-0.2, 0) is 9.53 Å². The number of aryl methyl sites for hydroxylation is 1. The Bertz CT molecular complexity index is 410. The highest BCUT2D eigenvalue weighted by molar-refractivity contribution is 7.99. The molecule has 1 saturated heterocycles. The van der Waals surface area contributed by atoms with Crippen molar-refractivity contribution >= 4 is 17.7 Å². The van der Waals surface area contributed by atoms with Crippen LogP contribution >= 0.6 is 11.8 Å². The molecule has 2 rings (SSSR count). The first kappa shape index (κ1) is 13.4. The van der Waals surface area contributed by atoms with E-state index in [4.69, 9.17) is 4.74 Å². The molecule has 1 aliphatic rings. The highest BCUT2D eigenvalue weighted by Gasteiger charge is 2.23. The number of carbonyl (C=O) groups excluding carboxylic acids is 1. The van der Waals surface area contributed by atoms with E-state index in [2.05, 4.69) is 22.1 Å². The summed E-state index contributed by atoms with van der Waals surface area (Å²) in [6, 6.07) is 0. The average Bonchev–Trinajstić information content (AvgIpc) is 2.82. The van der Waals surface area contributed by atoms with Gasteiger partial charge >= 0.3 is 0 Å². The van der Waals surface area contributed by atoms with Gasteiger partial charge in [-0.25, -0.2) is 4.98 Å². The molecule has 7 heteroatoms. The Morgan fingerprint density at radius 3 is 3.17 bits per heavy atom. The molecule has 1 N–H and O–H groups in total. The summed E-state index contributed by atoms with van der Waals surface area (Å²) in [5, 5.41) is 7.38. The van der Waals surface area contributed by atoms with E-state index in [1.54, 1.807) is 0 Å². The van der Waals surface area contributed by atoms with Crippen molar-refractivity contribution in [2.75, 3.05) is 25.4 Å². The third-order valence-electron chi connectivity index (χ3n) is 2.85. The number of nitrogens with zero attached hydrogens (tertiary/aromatic N) is 3. The third-order valence-corrected chi connectivity index (χ3v) is 3.68. The zero-order chi connectivity index (χ0) is 13.0. The smallest absolute Gasteiger partial charge is 0.233 e. The number of aromatic nitrogens is 3. The van der Waals surface area contributed by atoms with Gasteiger partial charge in [0, 0.05) is 13.1 Å². The van der Waals surface area contributed by atoms with Crippen LogP contribution in [0.5, 0.6) is 0 Å². The Morgan fingerprint density at radius 2 is 2.50 bits per heavy atom. The van der Waals surface area contributed by atoms with Gasteiger partial charge in [0.05, 0.1) is 18.5 Å². The Kier molecular flexibility index (Phi) is 4.60. The molecule has 18 heavy (non-hydrogen) atoms. The summed E-state index contributed by atoms with van der Waals surface area (Å²) in [6.07, 6.45) is 1.12. The van der Waals surface area contributed by atoms with Crippen molar-refractivity contribution in [2.24, 2.45) is 0 Å². The van der Waals surface area contributed by atoms with E-state index in [0.29, 0.717) is 30.6 Å². The van der Waals surface area contributed by atoms with Gasteiger partial charge in [-0.3, -0.25) is 9.89 Å². The maximum Gasteiger partial charge on any atom is 0.233 e. The van der Waals surface area contributed by atoms with E-state index in [-0.39, 0.29) is 12.0 Å². The molecule has 0 radical (unpaired) electrons. The fraction of sp³-hybridized carbons (Fsp3) is 0.727. The van der Waals surface area contributed by atoms with Crippen LogP contribution in [0.4, 0.5) is 0 Å². The van der Waals surface area contributed by atoms with Crippen molar-refractivity contribution in [3.63, 3.8) is 0 Å². The van der Waals surface area contributed by atoms with E-state index in [9.17, 15) is 4.79 Å². The normalized spacial score (nSPS) is 20.1. The molecule has 1 fully saturated rings. The summed E-state index contributed by atoms with van der Waals surface area (Å²) in [5.41, 5.74) is 0. The van der Waals surface area contributed by atoms with Gasteiger partial charge in [-0.1, -0.05) is 18.7 Å². The minimum atomic E-state index is 0.129. The largest absolute Gasteiger partial charge is 0.375 e. The fourth-order valence-electron chi connectivity index (χ4n) is 1.80. The van der Waals surface area contributed by atoms with E-state index >= 15 is 0 Å².